The van der Waals surface area contributed by atoms with Gasteiger partial charge in [0.25, 0.3) is 0 Å². The number of carboxylic acid groups (broad SMARTS) is 1. The van der Waals surface area contributed by atoms with Crippen LogP contribution in [-0.2, 0) is 0 Å². The molecule has 18 heavy (non-hydrogen) atoms. The van der Waals surface area contributed by atoms with Gasteiger partial charge in [0, 0.05) is 5.54 Å². The summed E-state index contributed by atoms with van der Waals surface area (Å²) in [5.41, 5.74) is 0.317. The molecule has 0 atom stereocenters. The van der Waals surface area contributed by atoms with Crippen LogP contribution in [-0.4, -0.2) is 31.2 Å². The quantitative estimate of drug-likeness (QED) is 0.890. The maximum Gasteiger partial charge on any atom is 0.357 e. The van der Waals surface area contributed by atoms with Crippen molar-refractivity contribution in [2.24, 2.45) is 0 Å². The molecule has 0 bridgehead atoms. The average molecular weight is 313 g/mol. The Hall–Kier alpha value is -1.63. The fourth-order valence-corrected chi connectivity index (χ4v) is 2.01. The fraction of sp³-hybridized carbons (Fsp3) is 0.364. The number of nitrogens with one attached hydrogen (secondary N) is 1. The van der Waals surface area contributed by atoms with Gasteiger partial charge in [0.1, 0.15) is 10.4 Å². The number of hydrogen-bond acceptors (Lipinski definition) is 4. The van der Waals surface area contributed by atoms with Gasteiger partial charge in [-0.2, -0.15) is 0 Å². The van der Waals surface area contributed by atoms with Crippen molar-refractivity contribution >= 4 is 33.4 Å². The first kappa shape index (κ1) is 12.8. The molecule has 0 aliphatic carbocycles. The minimum absolute atomic E-state index is 0.0459. The molecule has 0 radical (unpaired) electrons. The third kappa shape index (κ3) is 2.45. The summed E-state index contributed by atoms with van der Waals surface area (Å²) in [6, 6.07) is 3.49. The number of halogens is 1. The Morgan fingerprint density at radius 2 is 2.11 bits per heavy atom. The minimum atomic E-state index is -1.09. The molecule has 0 aliphatic rings. The first-order chi connectivity index (χ1) is 8.28. The largest absolute Gasteiger partial charge is 0.476 e. The molecule has 2 aromatic heterocycles. The number of rotatable bonds is 2. The van der Waals surface area contributed by atoms with Crippen LogP contribution >= 0.6 is 15.9 Å². The van der Waals surface area contributed by atoms with E-state index < -0.39 is 5.97 Å². The van der Waals surface area contributed by atoms with Crippen molar-refractivity contribution < 1.29 is 9.90 Å². The van der Waals surface area contributed by atoms with Crippen LogP contribution in [0.5, 0.6) is 0 Å². The Morgan fingerprint density at radius 1 is 1.44 bits per heavy atom. The summed E-state index contributed by atoms with van der Waals surface area (Å²) in [6.07, 6.45) is 0. The predicted octanol–water partition coefficient (Wildman–Crippen LogP) is 2.40. The lowest BCUT2D eigenvalue weighted by molar-refractivity contribution is 0.0690. The Balaban J connectivity index is 2.51. The van der Waals surface area contributed by atoms with Gasteiger partial charge in [-0.15, -0.1) is 5.10 Å². The zero-order chi connectivity index (χ0) is 13.5. The zero-order valence-corrected chi connectivity index (χ0v) is 11.8. The van der Waals surface area contributed by atoms with Crippen molar-refractivity contribution in [3.05, 3.63) is 22.4 Å². The molecule has 0 amide bonds. The van der Waals surface area contributed by atoms with Crippen molar-refractivity contribution in [3.8, 4) is 0 Å². The third-order valence-electron chi connectivity index (χ3n) is 2.13. The predicted molar refractivity (Wildman–Crippen MR) is 71.0 cm³/mol. The molecule has 0 spiro atoms. The van der Waals surface area contributed by atoms with Crippen molar-refractivity contribution in [2.75, 3.05) is 5.32 Å². The van der Waals surface area contributed by atoms with Crippen LogP contribution in [0.2, 0.25) is 0 Å². The summed E-state index contributed by atoms with van der Waals surface area (Å²) in [6.45, 7) is 6.06. The zero-order valence-electron chi connectivity index (χ0n) is 10.2. The molecule has 0 aliphatic heterocycles. The molecule has 6 nitrogen and oxygen atoms in total. The van der Waals surface area contributed by atoms with Crippen molar-refractivity contribution in [2.45, 2.75) is 26.3 Å². The monoisotopic (exact) mass is 312 g/mol. The highest BCUT2D eigenvalue weighted by molar-refractivity contribution is 9.10. The summed E-state index contributed by atoms with van der Waals surface area (Å²) in [5, 5.41) is 16.5. The topological polar surface area (TPSA) is 79.5 Å². The number of imidazole rings is 1. The number of carboxylic acids is 1. The minimum Gasteiger partial charge on any atom is -0.476 e. The van der Waals surface area contributed by atoms with E-state index in [0.29, 0.717) is 16.1 Å². The van der Waals surface area contributed by atoms with Crippen molar-refractivity contribution in [1.29, 1.82) is 0 Å². The van der Waals surface area contributed by atoms with Crippen LogP contribution in [0.1, 0.15) is 31.3 Å². The lowest BCUT2D eigenvalue weighted by Gasteiger charge is -2.20. The van der Waals surface area contributed by atoms with E-state index in [9.17, 15) is 4.79 Å². The second-order valence-electron chi connectivity index (χ2n) is 4.92. The number of aromatic carboxylic acids is 1. The van der Waals surface area contributed by atoms with E-state index in [0.717, 1.165) is 0 Å². The standard InChI is InChI=1S/C11H13BrN4O2/c1-11(2,3)14-6-4-5-7-13-8(10(17)18)9(12)16(7)15-6/h4-5H,1-3H3,(H,14,15)(H,17,18). The van der Waals surface area contributed by atoms with Crippen LogP contribution in [0, 0.1) is 0 Å². The molecule has 7 heteroatoms. The number of hydrogen-bond donors (Lipinski definition) is 2. The van der Waals surface area contributed by atoms with Crippen LogP contribution in [0.4, 0.5) is 5.82 Å². The van der Waals surface area contributed by atoms with Gasteiger partial charge < -0.3 is 10.4 Å². The van der Waals surface area contributed by atoms with E-state index in [4.69, 9.17) is 5.11 Å². The van der Waals surface area contributed by atoms with E-state index in [1.165, 1.54) is 4.52 Å². The first-order valence-corrected chi connectivity index (χ1v) is 6.14. The van der Waals surface area contributed by atoms with Crippen LogP contribution in [0.15, 0.2) is 16.7 Å². The molecule has 96 valence electrons. The van der Waals surface area contributed by atoms with Crippen molar-refractivity contribution in [3.63, 3.8) is 0 Å². The normalized spacial score (nSPS) is 11.8. The van der Waals surface area contributed by atoms with Crippen molar-refractivity contribution in [1.82, 2.24) is 14.6 Å². The van der Waals surface area contributed by atoms with E-state index in [1.54, 1.807) is 12.1 Å². The number of nitrogens with zero attached hydrogens (tertiary/aromatic N) is 3. The average Bonchev–Trinajstić information content (AvgIpc) is 2.54. The molecule has 0 saturated carbocycles. The molecular formula is C11H13BrN4O2. The Bertz CT molecular complexity index is 615. The molecule has 0 saturated heterocycles. The smallest absolute Gasteiger partial charge is 0.357 e. The molecule has 2 N–H and O–H groups in total. The van der Waals surface area contributed by atoms with Gasteiger partial charge in [-0.05, 0) is 48.8 Å². The lowest BCUT2D eigenvalue weighted by atomic mass is 10.1. The van der Waals surface area contributed by atoms with Gasteiger partial charge in [0.15, 0.2) is 11.3 Å². The van der Waals surface area contributed by atoms with Crippen LogP contribution in [0.25, 0.3) is 5.65 Å². The Kier molecular flexibility index (Phi) is 3.02. The molecule has 0 unspecified atom stereocenters. The lowest BCUT2D eigenvalue weighted by Crippen LogP contribution is -2.27. The van der Waals surface area contributed by atoms with Gasteiger partial charge in [-0.1, -0.05) is 0 Å². The summed E-state index contributed by atoms with van der Waals surface area (Å²) >= 11 is 3.20. The first-order valence-electron chi connectivity index (χ1n) is 5.35. The highest BCUT2D eigenvalue weighted by Crippen LogP contribution is 2.20. The van der Waals surface area contributed by atoms with Gasteiger partial charge in [0.2, 0.25) is 0 Å². The molecule has 0 aromatic carbocycles. The number of anilines is 1. The van der Waals surface area contributed by atoms with E-state index >= 15 is 0 Å². The maximum absolute atomic E-state index is 11.0. The second kappa shape index (κ2) is 4.24. The summed E-state index contributed by atoms with van der Waals surface area (Å²) < 4.78 is 1.79. The number of aromatic nitrogens is 3. The second-order valence-corrected chi connectivity index (χ2v) is 5.67. The summed E-state index contributed by atoms with van der Waals surface area (Å²) in [7, 11) is 0. The number of carbonyl (C=O) groups is 1. The van der Waals surface area contributed by atoms with E-state index in [1.807, 2.05) is 20.8 Å². The van der Waals surface area contributed by atoms with Gasteiger partial charge in [-0.3, -0.25) is 0 Å². The fourth-order valence-electron chi connectivity index (χ4n) is 1.49. The third-order valence-corrected chi connectivity index (χ3v) is 2.84. The van der Waals surface area contributed by atoms with E-state index in [2.05, 4.69) is 31.3 Å². The molecule has 2 heterocycles. The molecular weight excluding hydrogens is 300 g/mol. The highest BCUT2D eigenvalue weighted by Gasteiger charge is 2.18. The summed E-state index contributed by atoms with van der Waals surface area (Å²) in [4.78, 5) is 14.9. The highest BCUT2D eigenvalue weighted by atomic mass is 79.9. The van der Waals surface area contributed by atoms with Crippen LogP contribution in [0.3, 0.4) is 0 Å². The van der Waals surface area contributed by atoms with Gasteiger partial charge in [-0.25, -0.2) is 14.3 Å². The van der Waals surface area contributed by atoms with Gasteiger partial charge >= 0.3 is 5.97 Å². The number of fused-ring (bicyclic) bond motifs is 1. The molecule has 0 fully saturated rings. The molecule has 2 rings (SSSR count). The Labute approximate surface area is 112 Å². The maximum atomic E-state index is 11.0. The summed E-state index contributed by atoms with van der Waals surface area (Å²) in [5.74, 6) is -0.428. The Morgan fingerprint density at radius 3 is 2.67 bits per heavy atom. The molecule has 2 aromatic rings. The van der Waals surface area contributed by atoms with E-state index in [-0.39, 0.29) is 11.2 Å². The SMILES string of the molecule is CC(C)(C)Nc1ccc2nc(C(=O)O)c(Br)n2n1. The van der Waals surface area contributed by atoms with Gasteiger partial charge in [0.05, 0.1) is 0 Å². The van der Waals surface area contributed by atoms with Crippen LogP contribution < -0.4 is 5.32 Å².